The molecule has 1 aliphatic heterocycles. The Morgan fingerprint density at radius 2 is 2.29 bits per heavy atom. The topological polar surface area (TPSA) is 58.9 Å². The van der Waals surface area contributed by atoms with Gasteiger partial charge in [0.1, 0.15) is 16.5 Å². The summed E-state index contributed by atoms with van der Waals surface area (Å²) in [5.74, 6) is 2.80. The van der Waals surface area contributed by atoms with Crippen molar-refractivity contribution in [3.8, 4) is 0 Å². The number of hydrogen-bond donors (Lipinski definition) is 1. The maximum Gasteiger partial charge on any atom is 0.226 e. The second-order valence-corrected chi connectivity index (χ2v) is 5.89. The molecule has 4 rings (SSSR count). The van der Waals surface area contributed by atoms with Gasteiger partial charge in [0.2, 0.25) is 5.95 Å². The van der Waals surface area contributed by atoms with Crippen LogP contribution in [0.15, 0.2) is 23.8 Å². The molecular formula is C14H16N6S. The third-order valence-electron chi connectivity index (χ3n) is 3.68. The number of fused-ring (bicyclic) bond motifs is 2. The van der Waals surface area contributed by atoms with Gasteiger partial charge in [-0.3, -0.25) is 0 Å². The molecule has 0 radical (unpaired) electrons. The zero-order valence-electron chi connectivity index (χ0n) is 11.8. The largest absolute Gasteiger partial charge is 0.354 e. The van der Waals surface area contributed by atoms with Crippen LogP contribution in [-0.2, 0) is 13.1 Å². The summed E-state index contributed by atoms with van der Waals surface area (Å²) in [5, 5.41) is 6.42. The number of imidazole rings is 1. The Kier molecular flexibility index (Phi) is 2.99. The molecule has 0 fully saturated rings. The van der Waals surface area contributed by atoms with Gasteiger partial charge in [-0.15, -0.1) is 11.3 Å². The van der Waals surface area contributed by atoms with Crippen LogP contribution < -0.4 is 10.2 Å². The van der Waals surface area contributed by atoms with Gasteiger partial charge in [-0.05, 0) is 18.4 Å². The number of aromatic nitrogens is 4. The smallest absolute Gasteiger partial charge is 0.226 e. The zero-order chi connectivity index (χ0) is 14.2. The fraction of sp³-hybridized carbons (Fsp3) is 0.357. The number of nitrogens with one attached hydrogen (secondary N) is 1. The van der Waals surface area contributed by atoms with E-state index in [0.29, 0.717) is 5.95 Å². The first kappa shape index (κ1) is 12.6. The molecule has 3 aromatic rings. The maximum atomic E-state index is 4.72. The van der Waals surface area contributed by atoms with Crippen molar-refractivity contribution in [1.29, 1.82) is 0 Å². The van der Waals surface area contributed by atoms with Gasteiger partial charge in [-0.2, -0.15) is 4.98 Å². The first-order valence-electron chi connectivity index (χ1n) is 7.09. The Morgan fingerprint density at radius 1 is 1.33 bits per heavy atom. The fourth-order valence-corrected chi connectivity index (χ4v) is 3.43. The van der Waals surface area contributed by atoms with Gasteiger partial charge in [0.05, 0.1) is 11.9 Å². The number of anilines is 2. The van der Waals surface area contributed by atoms with E-state index in [1.165, 1.54) is 0 Å². The van der Waals surface area contributed by atoms with Crippen LogP contribution in [0.25, 0.3) is 10.2 Å². The van der Waals surface area contributed by atoms with E-state index >= 15 is 0 Å². The lowest BCUT2D eigenvalue weighted by atomic mass is 10.3. The molecule has 0 saturated heterocycles. The molecule has 0 spiro atoms. The molecule has 3 aromatic heterocycles. The minimum Gasteiger partial charge on any atom is -0.354 e. The van der Waals surface area contributed by atoms with E-state index in [1.54, 1.807) is 11.3 Å². The molecule has 6 nitrogen and oxygen atoms in total. The summed E-state index contributed by atoms with van der Waals surface area (Å²) >= 11 is 1.65. The average Bonchev–Trinajstić information content (AvgIpc) is 3.14. The van der Waals surface area contributed by atoms with E-state index in [2.05, 4.69) is 43.1 Å². The molecule has 108 valence electrons. The summed E-state index contributed by atoms with van der Waals surface area (Å²) in [7, 11) is 0. The first-order chi connectivity index (χ1) is 10.3. The van der Waals surface area contributed by atoms with E-state index in [-0.39, 0.29) is 0 Å². The summed E-state index contributed by atoms with van der Waals surface area (Å²) in [6, 6.07) is 2.10. The van der Waals surface area contributed by atoms with Gasteiger partial charge >= 0.3 is 0 Å². The van der Waals surface area contributed by atoms with E-state index in [1.807, 2.05) is 12.4 Å². The van der Waals surface area contributed by atoms with Crippen LogP contribution in [-0.4, -0.2) is 32.6 Å². The molecule has 0 aromatic carbocycles. The van der Waals surface area contributed by atoms with Gasteiger partial charge in [0.15, 0.2) is 0 Å². The average molecular weight is 300 g/mol. The highest BCUT2D eigenvalue weighted by Gasteiger charge is 2.21. The van der Waals surface area contributed by atoms with Crippen molar-refractivity contribution < 1.29 is 0 Å². The van der Waals surface area contributed by atoms with Crippen molar-refractivity contribution >= 4 is 33.3 Å². The summed E-state index contributed by atoms with van der Waals surface area (Å²) < 4.78 is 2.20. The van der Waals surface area contributed by atoms with Gasteiger partial charge in [0, 0.05) is 32.0 Å². The third kappa shape index (κ3) is 2.13. The highest BCUT2D eigenvalue weighted by atomic mass is 32.1. The standard InChI is InChI=1S/C14H16N6S/c1-2-15-14-17-12(10-3-8-21-13(10)18-14)20-7-6-19-5-4-16-11(19)9-20/h3-5,8H,2,6-7,9H2,1H3,(H,15,17,18). The quantitative estimate of drug-likeness (QED) is 0.804. The number of nitrogens with zero attached hydrogens (tertiary/aromatic N) is 5. The van der Waals surface area contributed by atoms with Crippen LogP contribution in [0.4, 0.5) is 11.8 Å². The Morgan fingerprint density at radius 3 is 3.19 bits per heavy atom. The van der Waals surface area contributed by atoms with Gasteiger partial charge in [-0.25, -0.2) is 9.97 Å². The lowest BCUT2D eigenvalue weighted by Crippen LogP contribution is -2.34. The summed E-state index contributed by atoms with van der Waals surface area (Å²) in [6.45, 7) is 5.55. The minimum absolute atomic E-state index is 0.705. The monoisotopic (exact) mass is 300 g/mol. The molecule has 4 heterocycles. The van der Waals surface area contributed by atoms with E-state index in [4.69, 9.17) is 4.98 Å². The summed E-state index contributed by atoms with van der Waals surface area (Å²) in [4.78, 5) is 17.0. The predicted molar refractivity (Wildman–Crippen MR) is 84.9 cm³/mol. The van der Waals surface area contributed by atoms with Crippen molar-refractivity contribution in [2.45, 2.75) is 20.0 Å². The Hall–Kier alpha value is -2.15. The molecule has 0 saturated carbocycles. The molecular weight excluding hydrogens is 284 g/mol. The molecule has 0 amide bonds. The number of thiophene rings is 1. The molecule has 0 atom stereocenters. The van der Waals surface area contributed by atoms with Crippen LogP contribution in [0.2, 0.25) is 0 Å². The highest BCUT2D eigenvalue weighted by Crippen LogP contribution is 2.30. The van der Waals surface area contributed by atoms with Crippen LogP contribution in [0.5, 0.6) is 0 Å². The molecule has 7 heteroatoms. The van der Waals surface area contributed by atoms with E-state index in [0.717, 1.165) is 48.0 Å². The minimum atomic E-state index is 0.705. The third-order valence-corrected chi connectivity index (χ3v) is 4.49. The second kappa shape index (κ2) is 5.00. The second-order valence-electron chi connectivity index (χ2n) is 5.00. The van der Waals surface area contributed by atoms with E-state index < -0.39 is 0 Å². The lowest BCUT2D eigenvalue weighted by Gasteiger charge is -2.29. The Labute approximate surface area is 126 Å². The van der Waals surface area contributed by atoms with Gasteiger partial charge in [0.25, 0.3) is 0 Å². The Balaban J connectivity index is 1.77. The molecule has 0 bridgehead atoms. The lowest BCUT2D eigenvalue weighted by molar-refractivity contribution is 0.557. The Bertz CT molecular complexity index is 777. The first-order valence-corrected chi connectivity index (χ1v) is 7.97. The van der Waals surface area contributed by atoms with Crippen LogP contribution in [0.3, 0.4) is 0 Å². The molecule has 21 heavy (non-hydrogen) atoms. The van der Waals surface area contributed by atoms with Crippen molar-refractivity contribution in [2.24, 2.45) is 0 Å². The molecule has 1 aliphatic rings. The highest BCUT2D eigenvalue weighted by molar-refractivity contribution is 7.16. The molecule has 0 aliphatic carbocycles. The molecule has 1 N–H and O–H groups in total. The van der Waals surface area contributed by atoms with Crippen molar-refractivity contribution in [1.82, 2.24) is 19.5 Å². The van der Waals surface area contributed by atoms with Crippen LogP contribution >= 0.6 is 11.3 Å². The van der Waals surface area contributed by atoms with Gasteiger partial charge < -0.3 is 14.8 Å². The number of rotatable bonds is 3. The van der Waals surface area contributed by atoms with Crippen LogP contribution in [0.1, 0.15) is 12.7 Å². The normalized spacial score (nSPS) is 14.4. The van der Waals surface area contributed by atoms with Gasteiger partial charge in [-0.1, -0.05) is 0 Å². The number of hydrogen-bond acceptors (Lipinski definition) is 6. The zero-order valence-corrected chi connectivity index (χ0v) is 12.6. The van der Waals surface area contributed by atoms with Crippen molar-refractivity contribution in [2.75, 3.05) is 23.3 Å². The summed E-state index contributed by atoms with van der Waals surface area (Å²) in [6.07, 6.45) is 3.90. The van der Waals surface area contributed by atoms with Crippen molar-refractivity contribution in [3.05, 3.63) is 29.7 Å². The molecule has 0 unspecified atom stereocenters. The SMILES string of the molecule is CCNc1nc(N2CCn3ccnc3C2)c2ccsc2n1. The van der Waals surface area contributed by atoms with Crippen molar-refractivity contribution in [3.63, 3.8) is 0 Å². The fourth-order valence-electron chi connectivity index (χ4n) is 2.67. The maximum absolute atomic E-state index is 4.72. The summed E-state index contributed by atoms with van der Waals surface area (Å²) in [5.41, 5.74) is 0. The van der Waals surface area contributed by atoms with E-state index in [9.17, 15) is 0 Å². The van der Waals surface area contributed by atoms with Crippen LogP contribution in [0, 0.1) is 0 Å². The predicted octanol–water partition coefficient (Wildman–Crippen LogP) is 2.34.